The van der Waals surface area contributed by atoms with Crippen LogP contribution in [0.4, 0.5) is 0 Å². The monoisotopic (exact) mass is 582 g/mol. The summed E-state index contributed by atoms with van der Waals surface area (Å²) in [6, 6.07) is 8.63. The number of carbonyl (C=O) groups excluding carboxylic acids is 1. The molecule has 0 bridgehead atoms. The molecule has 1 aliphatic rings. The van der Waals surface area contributed by atoms with Crippen molar-refractivity contribution in [1.29, 1.82) is 0 Å². The molecule has 0 unspecified atom stereocenters. The van der Waals surface area contributed by atoms with Gasteiger partial charge >= 0.3 is 11.9 Å². The quantitative estimate of drug-likeness (QED) is 0.216. The highest BCUT2D eigenvalue weighted by Gasteiger charge is 2.43. The lowest BCUT2D eigenvalue weighted by molar-refractivity contribution is -0.164. The Balaban J connectivity index is 2.11. The van der Waals surface area contributed by atoms with E-state index in [-0.39, 0.29) is 29.6 Å². The predicted octanol–water partition coefficient (Wildman–Crippen LogP) is 8.50. The van der Waals surface area contributed by atoms with Crippen LogP contribution in [-0.2, 0) is 37.2 Å². The van der Waals surface area contributed by atoms with Crippen molar-refractivity contribution in [3.05, 3.63) is 63.2 Å². The van der Waals surface area contributed by atoms with E-state index < -0.39 is 11.6 Å². The molecular weight excluding hydrogens is 532 g/mol. The summed E-state index contributed by atoms with van der Waals surface area (Å²) in [6.07, 6.45) is 5.54. The van der Waals surface area contributed by atoms with E-state index in [0.717, 1.165) is 65.5 Å². The summed E-state index contributed by atoms with van der Waals surface area (Å²) in [6.45, 7) is 17.2. The van der Waals surface area contributed by atoms with Crippen LogP contribution in [0.3, 0.4) is 0 Å². The molecule has 6 heteroatoms. The standard InChI is InChI=1S/C35H50O5S/c1-23-18-25(22-26-19-24(2)21-28(32(26)39)34(6,7)8)31(27(20-23)33(3,4)5)35(14-10-9-11-15-35)40-30(38)13-17-41-16-12-29(36)37/h18-21,39H,9-17,22H2,1-8H3,(H,36,37). The van der Waals surface area contributed by atoms with Gasteiger partial charge in [0.25, 0.3) is 0 Å². The van der Waals surface area contributed by atoms with E-state index in [1.54, 1.807) is 0 Å². The van der Waals surface area contributed by atoms with E-state index in [2.05, 4.69) is 79.7 Å². The maximum atomic E-state index is 13.3. The lowest BCUT2D eigenvalue weighted by atomic mass is 9.69. The van der Waals surface area contributed by atoms with Crippen LogP contribution >= 0.6 is 11.8 Å². The minimum absolute atomic E-state index is 0.0913. The Bertz CT molecular complexity index is 1240. The molecule has 0 amide bonds. The highest BCUT2D eigenvalue weighted by Crippen LogP contribution is 2.48. The summed E-state index contributed by atoms with van der Waals surface area (Å²) in [5.41, 5.74) is 6.44. The van der Waals surface area contributed by atoms with Crippen molar-refractivity contribution >= 4 is 23.7 Å². The highest BCUT2D eigenvalue weighted by atomic mass is 32.2. The predicted molar refractivity (Wildman–Crippen MR) is 169 cm³/mol. The number of esters is 1. The molecule has 0 aromatic heterocycles. The number of aryl methyl sites for hydroxylation is 2. The number of ether oxygens (including phenoxy) is 1. The second-order valence-electron chi connectivity index (χ2n) is 13.9. The average molecular weight is 583 g/mol. The minimum atomic E-state index is -0.822. The van der Waals surface area contributed by atoms with Crippen molar-refractivity contribution in [2.75, 3.05) is 11.5 Å². The average Bonchev–Trinajstić information content (AvgIpc) is 2.84. The Kier molecular flexibility index (Phi) is 10.7. The molecule has 1 aliphatic carbocycles. The SMILES string of the molecule is Cc1cc(Cc2cc(C)cc(C(C)(C)C)c2C2(OC(=O)CCSCCC(=O)O)CCCCC2)c(O)c(C(C)(C)C)c1. The topological polar surface area (TPSA) is 83.8 Å². The molecule has 2 N–H and O–H groups in total. The van der Waals surface area contributed by atoms with Crippen LogP contribution in [0.5, 0.6) is 5.75 Å². The summed E-state index contributed by atoms with van der Waals surface area (Å²) >= 11 is 1.48. The van der Waals surface area contributed by atoms with E-state index in [1.807, 2.05) is 0 Å². The van der Waals surface area contributed by atoms with Gasteiger partial charge in [-0.2, -0.15) is 11.8 Å². The van der Waals surface area contributed by atoms with Gasteiger partial charge in [0.1, 0.15) is 11.4 Å². The Labute approximate surface area is 251 Å². The second-order valence-corrected chi connectivity index (χ2v) is 15.1. The lowest BCUT2D eigenvalue weighted by Crippen LogP contribution is -2.38. The Hall–Kier alpha value is -2.47. The molecule has 5 nitrogen and oxygen atoms in total. The van der Waals surface area contributed by atoms with Gasteiger partial charge in [-0.15, -0.1) is 0 Å². The normalized spacial score (nSPS) is 15.5. The maximum Gasteiger partial charge on any atom is 0.307 e. The van der Waals surface area contributed by atoms with Gasteiger partial charge in [-0.25, -0.2) is 0 Å². The molecule has 0 saturated heterocycles. The number of hydrogen-bond acceptors (Lipinski definition) is 5. The first-order chi connectivity index (χ1) is 19.0. The van der Waals surface area contributed by atoms with Gasteiger partial charge in [-0.1, -0.05) is 83.4 Å². The van der Waals surface area contributed by atoms with Gasteiger partial charge in [0, 0.05) is 23.5 Å². The zero-order valence-electron chi connectivity index (χ0n) is 26.4. The van der Waals surface area contributed by atoms with Crippen LogP contribution < -0.4 is 0 Å². The van der Waals surface area contributed by atoms with Crippen molar-refractivity contribution in [1.82, 2.24) is 0 Å². The van der Waals surface area contributed by atoms with Gasteiger partial charge in [0.05, 0.1) is 12.8 Å². The molecule has 3 rings (SSSR count). The van der Waals surface area contributed by atoms with E-state index in [4.69, 9.17) is 9.84 Å². The van der Waals surface area contributed by atoms with Crippen LogP contribution in [0.2, 0.25) is 0 Å². The molecule has 2 aromatic carbocycles. The zero-order valence-corrected chi connectivity index (χ0v) is 27.2. The van der Waals surface area contributed by atoms with E-state index in [1.165, 1.54) is 17.3 Å². The van der Waals surface area contributed by atoms with Crippen LogP contribution in [-0.4, -0.2) is 33.7 Å². The number of rotatable bonds is 10. The number of carbonyl (C=O) groups is 2. The van der Waals surface area contributed by atoms with Gasteiger partial charge in [-0.3, -0.25) is 9.59 Å². The number of hydrogen-bond donors (Lipinski definition) is 2. The summed E-state index contributed by atoms with van der Waals surface area (Å²) in [5, 5.41) is 20.4. The van der Waals surface area contributed by atoms with Crippen molar-refractivity contribution in [3.63, 3.8) is 0 Å². The number of aliphatic carboxylic acids is 1. The third-order valence-electron chi connectivity index (χ3n) is 8.03. The van der Waals surface area contributed by atoms with E-state index >= 15 is 0 Å². The van der Waals surface area contributed by atoms with Crippen molar-refractivity contribution in [2.45, 2.75) is 123 Å². The molecule has 2 aromatic rings. The first kappa shape index (κ1) is 33.0. The van der Waals surface area contributed by atoms with Gasteiger partial charge in [-0.05, 0) is 72.6 Å². The molecule has 1 saturated carbocycles. The maximum absolute atomic E-state index is 13.3. The first-order valence-electron chi connectivity index (χ1n) is 15.0. The fraction of sp³-hybridized carbons (Fsp3) is 0.600. The summed E-state index contributed by atoms with van der Waals surface area (Å²) in [7, 11) is 0. The molecular formula is C35H50O5S. The molecule has 226 valence electrons. The van der Waals surface area contributed by atoms with E-state index in [0.29, 0.717) is 23.7 Å². The number of phenolic OH excluding ortho intramolecular Hbond substituents is 1. The van der Waals surface area contributed by atoms with Crippen molar-refractivity contribution < 1.29 is 24.5 Å². The number of thioether (sulfide) groups is 1. The minimum Gasteiger partial charge on any atom is -0.507 e. The molecule has 0 aliphatic heterocycles. The molecule has 0 radical (unpaired) electrons. The summed E-state index contributed by atoms with van der Waals surface area (Å²) < 4.78 is 6.55. The number of phenols is 1. The van der Waals surface area contributed by atoms with Crippen molar-refractivity contribution in [2.24, 2.45) is 0 Å². The van der Waals surface area contributed by atoms with E-state index in [9.17, 15) is 14.7 Å². The van der Waals surface area contributed by atoms with Gasteiger partial charge < -0.3 is 14.9 Å². The largest absolute Gasteiger partial charge is 0.507 e. The number of aromatic hydroxyl groups is 1. The molecule has 0 heterocycles. The molecule has 1 fully saturated rings. The fourth-order valence-electron chi connectivity index (χ4n) is 6.11. The van der Waals surface area contributed by atoms with Crippen LogP contribution in [0.15, 0.2) is 24.3 Å². The first-order valence-corrected chi connectivity index (χ1v) is 16.2. The fourth-order valence-corrected chi connectivity index (χ4v) is 6.94. The number of benzene rings is 2. The summed E-state index contributed by atoms with van der Waals surface area (Å²) in [4.78, 5) is 24.2. The van der Waals surface area contributed by atoms with Crippen LogP contribution in [0.1, 0.15) is 125 Å². The second kappa shape index (κ2) is 13.2. The molecule has 41 heavy (non-hydrogen) atoms. The summed E-state index contributed by atoms with van der Waals surface area (Å²) in [5.74, 6) is 0.329. The third kappa shape index (κ3) is 8.53. The smallest absolute Gasteiger partial charge is 0.307 e. The van der Waals surface area contributed by atoms with Crippen molar-refractivity contribution in [3.8, 4) is 5.75 Å². The molecule has 0 spiro atoms. The highest BCUT2D eigenvalue weighted by molar-refractivity contribution is 7.99. The van der Waals surface area contributed by atoms with Gasteiger partial charge in [0.2, 0.25) is 0 Å². The van der Waals surface area contributed by atoms with Crippen LogP contribution in [0, 0.1) is 13.8 Å². The lowest BCUT2D eigenvalue weighted by Gasteiger charge is -2.42. The van der Waals surface area contributed by atoms with Crippen LogP contribution in [0.25, 0.3) is 0 Å². The van der Waals surface area contributed by atoms with Gasteiger partial charge in [0.15, 0.2) is 0 Å². The molecule has 0 atom stereocenters. The zero-order chi connectivity index (χ0) is 30.6. The third-order valence-corrected chi connectivity index (χ3v) is 9.02. The number of carboxylic acids is 1. The number of carboxylic acid groups (broad SMARTS) is 1. The Morgan fingerprint density at radius 2 is 1.37 bits per heavy atom. The Morgan fingerprint density at radius 3 is 1.93 bits per heavy atom. The Morgan fingerprint density at radius 1 is 0.829 bits per heavy atom.